The number of halogens is 1. The molecule has 1 N–H and O–H groups in total. The second kappa shape index (κ2) is 6.96. The fourth-order valence-electron chi connectivity index (χ4n) is 3.63. The van der Waals surface area contributed by atoms with Gasteiger partial charge in [-0.2, -0.15) is 0 Å². The maximum Gasteiger partial charge on any atom is 0.235 e. The van der Waals surface area contributed by atoms with E-state index in [1.54, 1.807) is 36.4 Å². The molecular weight excluding hydrogens is 367 g/mol. The monoisotopic (exact) mass is 388 g/mol. The molecule has 0 aromatic heterocycles. The average molecular weight is 388 g/mol. The van der Waals surface area contributed by atoms with Gasteiger partial charge in [-0.1, -0.05) is 18.2 Å². The van der Waals surface area contributed by atoms with Crippen molar-refractivity contribution in [3.05, 3.63) is 59.9 Å². The van der Waals surface area contributed by atoms with E-state index in [1.807, 2.05) is 0 Å². The number of nitrogens with zero attached hydrogens (tertiary/aromatic N) is 1. The van der Waals surface area contributed by atoms with E-state index >= 15 is 0 Å². The summed E-state index contributed by atoms with van der Waals surface area (Å²) in [5.41, 5.74) is 1.93. The van der Waals surface area contributed by atoms with Crippen LogP contribution in [0.15, 0.2) is 48.5 Å². The van der Waals surface area contributed by atoms with Gasteiger partial charge in [0, 0.05) is 12.2 Å². The molecular formula is C20H21FN2O3S. The molecule has 1 atom stereocenters. The first kappa shape index (κ1) is 18.0. The molecule has 7 heteroatoms. The Morgan fingerprint density at radius 1 is 1.15 bits per heavy atom. The van der Waals surface area contributed by atoms with Crippen LogP contribution in [0.1, 0.15) is 30.7 Å². The molecule has 1 unspecified atom stereocenters. The maximum atomic E-state index is 13.2. The van der Waals surface area contributed by atoms with Crippen LogP contribution >= 0.6 is 0 Å². The Balaban J connectivity index is 1.55. The molecule has 27 heavy (non-hydrogen) atoms. The number of hydrogen-bond donors (Lipinski definition) is 1. The van der Waals surface area contributed by atoms with Crippen molar-refractivity contribution in [2.24, 2.45) is 5.92 Å². The van der Waals surface area contributed by atoms with Gasteiger partial charge in [-0.05, 0) is 61.1 Å². The van der Waals surface area contributed by atoms with Crippen molar-refractivity contribution < 1.29 is 17.6 Å². The van der Waals surface area contributed by atoms with E-state index in [0.29, 0.717) is 24.3 Å². The summed E-state index contributed by atoms with van der Waals surface area (Å²) in [4.78, 5) is 12.9. The lowest BCUT2D eigenvalue weighted by Gasteiger charge is -2.19. The van der Waals surface area contributed by atoms with Crippen LogP contribution in [0.3, 0.4) is 0 Å². The molecule has 4 rings (SSSR count). The lowest BCUT2D eigenvalue weighted by molar-refractivity contribution is -0.118. The molecule has 0 radical (unpaired) electrons. The number of benzene rings is 2. The highest BCUT2D eigenvalue weighted by Crippen LogP contribution is 2.43. The van der Waals surface area contributed by atoms with E-state index in [9.17, 15) is 17.6 Å². The molecule has 0 spiro atoms. The first-order valence-corrected chi connectivity index (χ1v) is 10.7. The van der Waals surface area contributed by atoms with Crippen LogP contribution in [0.25, 0.3) is 0 Å². The number of carbonyl (C=O) groups is 1. The maximum absolute atomic E-state index is 13.2. The van der Waals surface area contributed by atoms with Crippen LogP contribution < -0.4 is 9.62 Å². The van der Waals surface area contributed by atoms with E-state index < -0.39 is 10.0 Å². The Morgan fingerprint density at radius 3 is 2.52 bits per heavy atom. The fraction of sp³-hybridized carbons (Fsp3) is 0.350. The number of sulfonamides is 1. The SMILES string of the molecule is O=C(Nc1cccc(N2CCCS2(=O)=O)c1)C(c1ccc(F)cc1)C1CC1. The summed E-state index contributed by atoms with van der Waals surface area (Å²) in [7, 11) is -3.27. The Bertz CT molecular complexity index is 955. The lowest BCUT2D eigenvalue weighted by Crippen LogP contribution is -2.26. The highest BCUT2D eigenvalue weighted by Gasteiger charge is 2.37. The minimum absolute atomic E-state index is 0.148. The normalized spacial score (nSPS) is 19.7. The van der Waals surface area contributed by atoms with Crippen molar-refractivity contribution in [1.29, 1.82) is 0 Å². The van der Waals surface area contributed by atoms with Crippen molar-refractivity contribution in [2.45, 2.75) is 25.2 Å². The largest absolute Gasteiger partial charge is 0.325 e. The summed E-state index contributed by atoms with van der Waals surface area (Å²) in [5, 5.41) is 2.91. The van der Waals surface area contributed by atoms with Gasteiger partial charge in [0.15, 0.2) is 0 Å². The number of carbonyl (C=O) groups excluding carboxylic acids is 1. The van der Waals surface area contributed by atoms with Gasteiger partial charge < -0.3 is 5.32 Å². The van der Waals surface area contributed by atoms with Gasteiger partial charge in [0.05, 0.1) is 17.4 Å². The predicted octanol–water partition coefficient (Wildman–Crippen LogP) is 3.50. The standard InChI is InChI=1S/C20H21FN2O3S/c21-16-9-7-15(8-10-16)19(14-5-6-14)20(24)22-17-3-1-4-18(13-17)23-11-2-12-27(23,25)26/h1,3-4,7-10,13-14,19H,2,5-6,11-12H2,(H,22,24). The van der Waals surface area contributed by atoms with Gasteiger partial charge in [0.2, 0.25) is 15.9 Å². The molecule has 2 fully saturated rings. The third-order valence-corrected chi connectivity index (χ3v) is 6.98. The lowest BCUT2D eigenvalue weighted by atomic mass is 9.93. The zero-order chi connectivity index (χ0) is 19.0. The molecule has 1 aliphatic heterocycles. The van der Waals surface area contributed by atoms with Crippen LogP contribution in [-0.4, -0.2) is 26.6 Å². The molecule has 1 saturated heterocycles. The summed E-state index contributed by atoms with van der Waals surface area (Å²) < 4.78 is 38.8. The molecule has 0 bridgehead atoms. The fourth-order valence-corrected chi connectivity index (χ4v) is 5.18. The summed E-state index contributed by atoms with van der Waals surface area (Å²) in [6.07, 6.45) is 2.55. The molecule has 1 aliphatic carbocycles. The van der Waals surface area contributed by atoms with Crippen molar-refractivity contribution in [3.8, 4) is 0 Å². The Labute approximate surface area is 158 Å². The van der Waals surface area contributed by atoms with Crippen LogP contribution in [0, 0.1) is 11.7 Å². The first-order valence-electron chi connectivity index (χ1n) is 9.11. The molecule has 2 aliphatic rings. The predicted molar refractivity (Wildman–Crippen MR) is 103 cm³/mol. The molecule has 5 nitrogen and oxygen atoms in total. The Kier molecular flexibility index (Phi) is 4.63. The highest BCUT2D eigenvalue weighted by atomic mass is 32.2. The summed E-state index contributed by atoms with van der Waals surface area (Å²) >= 11 is 0. The second-order valence-corrected chi connectivity index (χ2v) is 9.16. The van der Waals surface area contributed by atoms with Gasteiger partial charge in [-0.15, -0.1) is 0 Å². The van der Waals surface area contributed by atoms with Crippen LogP contribution in [0.4, 0.5) is 15.8 Å². The second-order valence-electron chi connectivity index (χ2n) is 7.15. The number of anilines is 2. The van der Waals surface area contributed by atoms with E-state index in [-0.39, 0.29) is 29.3 Å². The van der Waals surface area contributed by atoms with Crippen LogP contribution in [0.2, 0.25) is 0 Å². The van der Waals surface area contributed by atoms with Gasteiger partial charge in [0.1, 0.15) is 5.82 Å². The highest BCUT2D eigenvalue weighted by molar-refractivity contribution is 7.93. The van der Waals surface area contributed by atoms with Crippen LogP contribution in [-0.2, 0) is 14.8 Å². The Morgan fingerprint density at radius 2 is 1.89 bits per heavy atom. The molecule has 1 saturated carbocycles. The first-order chi connectivity index (χ1) is 12.9. The van der Waals surface area contributed by atoms with E-state index in [1.165, 1.54) is 16.4 Å². The minimum Gasteiger partial charge on any atom is -0.325 e. The Hall–Kier alpha value is -2.41. The van der Waals surface area contributed by atoms with Crippen molar-refractivity contribution in [1.82, 2.24) is 0 Å². The molecule has 142 valence electrons. The van der Waals surface area contributed by atoms with Gasteiger partial charge >= 0.3 is 0 Å². The third kappa shape index (κ3) is 3.83. The van der Waals surface area contributed by atoms with Crippen molar-refractivity contribution in [3.63, 3.8) is 0 Å². The minimum atomic E-state index is -3.27. The number of amides is 1. The molecule has 2 aromatic carbocycles. The van der Waals surface area contributed by atoms with Crippen molar-refractivity contribution >= 4 is 27.3 Å². The number of hydrogen-bond acceptors (Lipinski definition) is 3. The van der Waals surface area contributed by atoms with Gasteiger partial charge in [-0.25, -0.2) is 12.8 Å². The smallest absolute Gasteiger partial charge is 0.235 e. The van der Waals surface area contributed by atoms with Gasteiger partial charge in [0.25, 0.3) is 0 Å². The molecule has 2 aromatic rings. The summed E-state index contributed by atoms with van der Waals surface area (Å²) in [6, 6.07) is 13.0. The number of nitrogens with one attached hydrogen (secondary N) is 1. The van der Waals surface area contributed by atoms with Gasteiger partial charge in [-0.3, -0.25) is 9.10 Å². The molecule has 1 amide bonds. The summed E-state index contributed by atoms with van der Waals surface area (Å²) in [6.45, 7) is 0.458. The van der Waals surface area contributed by atoms with Crippen LogP contribution in [0.5, 0.6) is 0 Å². The van der Waals surface area contributed by atoms with E-state index in [4.69, 9.17) is 0 Å². The summed E-state index contributed by atoms with van der Waals surface area (Å²) in [5.74, 6) is -0.390. The van der Waals surface area contributed by atoms with Crippen molar-refractivity contribution in [2.75, 3.05) is 21.9 Å². The number of rotatable bonds is 5. The van der Waals surface area contributed by atoms with E-state index in [0.717, 1.165) is 18.4 Å². The molecule has 1 heterocycles. The zero-order valence-electron chi connectivity index (χ0n) is 14.8. The quantitative estimate of drug-likeness (QED) is 0.853. The average Bonchev–Trinajstić information content (AvgIpc) is 3.39. The third-order valence-electron chi connectivity index (χ3n) is 5.11. The topological polar surface area (TPSA) is 66.5 Å². The van der Waals surface area contributed by atoms with E-state index in [2.05, 4.69) is 5.32 Å². The zero-order valence-corrected chi connectivity index (χ0v) is 15.6.